The van der Waals surface area contributed by atoms with Crippen molar-refractivity contribution in [2.24, 2.45) is 9.63 Å². The van der Waals surface area contributed by atoms with Crippen LogP contribution in [0.25, 0.3) is 0 Å². The number of rotatable bonds is 6. The van der Waals surface area contributed by atoms with Gasteiger partial charge < -0.3 is 4.84 Å². The summed E-state index contributed by atoms with van der Waals surface area (Å²) in [7, 11) is -3.86. The van der Waals surface area contributed by atoms with Gasteiger partial charge in [-0.1, -0.05) is 40.4 Å². The van der Waals surface area contributed by atoms with Gasteiger partial charge in [0.25, 0.3) is 10.0 Å². The van der Waals surface area contributed by atoms with Crippen molar-refractivity contribution < 1.29 is 18.0 Å². The third kappa shape index (κ3) is 5.01. The topological polar surface area (TPSA) is 97.2 Å². The van der Waals surface area contributed by atoms with Crippen molar-refractivity contribution in [3.05, 3.63) is 90.0 Å². The van der Waals surface area contributed by atoms with Crippen LogP contribution in [-0.2, 0) is 14.9 Å². The van der Waals surface area contributed by atoms with Crippen LogP contribution in [0.5, 0.6) is 0 Å². The van der Waals surface area contributed by atoms with Gasteiger partial charge in [0.15, 0.2) is 0 Å². The van der Waals surface area contributed by atoms with Gasteiger partial charge >= 0.3 is 5.97 Å². The van der Waals surface area contributed by atoms with Crippen LogP contribution in [0.2, 0.25) is 0 Å². The SMILES string of the molecule is Cc1ccc(S(=O)(=O)N=Nc2ccc(NOC(=O)c3ccccc3)cc2)cc1. The minimum absolute atomic E-state index is 0.0768. The number of carbonyl (C=O) groups excluding carboxylic acids is 1. The summed E-state index contributed by atoms with van der Waals surface area (Å²) >= 11 is 0. The predicted octanol–water partition coefficient (Wildman–Crippen LogP) is 4.65. The molecule has 3 aromatic rings. The Morgan fingerprint density at radius 1 is 0.893 bits per heavy atom. The summed E-state index contributed by atoms with van der Waals surface area (Å²) in [5.41, 5.74) is 4.75. The molecule has 0 aliphatic carbocycles. The number of anilines is 1. The molecule has 0 heterocycles. The maximum atomic E-state index is 12.2. The highest BCUT2D eigenvalue weighted by Crippen LogP contribution is 2.20. The van der Waals surface area contributed by atoms with Crippen LogP contribution >= 0.6 is 0 Å². The first-order chi connectivity index (χ1) is 13.4. The second-order valence-electron chi connectivity index (χ2n) is 5.87. The highest BCUT2D eigenvalue weighted by molar-refractivity contribution is 7.90. The highest BCUT2D eigenvalue weighted by Gasteiger charge is 2.12. The van der Waals surface area contributed by atoms with Gasteiger partial charge in [-0.15, -0.1) is 5.11 Å². The van der Waals surface area contributed by atoms with Crippen molar-refractivity contribution >= 4 is 27.4 Å². The number of sulfonamides is 1. The van der Waals surface area contributed by atoms with Crippen LogP contribution in [0.15, 0.2) is 93.4 Å². The quantitative estimate of drug-likeness (QED) is 0.484. The Bertz CT molecular complexity index is 1080. The number of hydrogen-bond donors (Lipinski definition) is 1. The van der Waals surface area contributed by atoms with Crippen molar-refractivity contribution in [2.75, 3.05) is 5.48 Å². The molecule has 0 unspecified atom stereocenters. The van der Waals surface area contributed by atoms with E-state index < -0.39 is 16.0 Å². The standard InChI is InChI=1S/C20H17N3O4S/c1-15-7-13-19(14-8-15)28(25,26)23-21-17-9-11-18(12-10-17)22-27-20(24)16-5-3-2-4-6-16/h2-14,22H,1H3. The number of aryl methyl sites for hydroxylation is 1. The molecule has 0 bridgehead atoms. The molecule has 142 valence electrons. The van der Waals surface area contributed by atoms with Crippen LogP contribution in [0.3, 0.4) is 0 Å². The summed E-state index contributed by atoms with van der Waals surface area (Å²) in [6, 6.07) is 21.2. The van der Waals surface area contributed by atoms with Gasteiger partial charge in [-0.05, 0) is 55.5 Å². The lowest BCUT2D eigenvalue weighted by atomic mass is 10.2. The van der Waals surface area contributed by atoms with E-state index in [1.165, 1.54) is 12.1 Å². The van der Waals surface area contributed by atoms with Gasteiger partial charge in [0.2, 0.25) is 0 Å². The van der Waals surface area contributed by atoms with Gasteiger partial charge in [-0.25, -0.2) is 10.3 Å². The van der Waals surface area contributed by atoms with Crippen LogP contribution in [0.4, 0.5) is 11.4 Å². The lowest BCUT2D eigenvalue weighted by Crippen LogP contribution is -2.10. The number of nitrogens with zero attached hydrogens (tertiary/aromatic N) is 2. The highest BCUT2D eigenvalue weighted by atomic mass is 32.2. The zero-order valence-corrected chi connectivity index (χ0v) is 15.8. The Kier molecular flexibility index (Phi) is 5.81. The lowest BCUT2D eigenvalue weighted by Gasteiger charge is -2.06. The monoisotopic (exact) mass is 395 g/mol. The molecule has 0 radical (unpaired) electrons. The summed E-state index contributed by atoms with van der Waals surface area (Å²) in [4.78, 5) is 16.9. The van der Waals surface area contributed by atoms with E-state index in [-0.39, 0.29) is 4.90 Å². The van der Waals surface area contributed by atoms with E-state index in [0.717, 1.165) is 5.56 Å². The number of nitrogens with one attached hydrogen (secondary N) is 1. The molecule has 0 saturated carbocycles. The van der Waals surface area contributed by atoms with Crippen molar-refractivity contribution in [1.82, 2.24) is 0 Å². The van der Waals surface area contributed by atoms with Gasteiger partial charge in [0, 0.05) is 0 Å². The van der Waals surface area contributed by atoms with Crippen molar-refractivity contribution in [2.45, 2.75) is 11.8 Å². The molecule has 0 spiro atoms. The van der Waals surface area contributed by atoms with E-state index in [1.807, 2.05) is 6.92 Å². The van der Waals surface area contributed by atoms with E-state index in [0.29, 0.717) is 16.9 Å². The molecule has 28 heavy (non-hydrogen) atoms. The van der Waals surface area contributed by atoms with E-state index in [2.05, 4.69) is 15.1 Å². The van der Waals surface area contributed by atoms with Crippen LogP contribution < -0.4 is 5.48 Å². The van der Waals surface area contributed by atoms with E-state index in [9.17, 15) is 13.2 Å². The molecule has 1 N–H and O–H groups in total. The van der Waals surface area contributed by atoms with E-state index in [1.54, 1.807) is 66.7 Å². The normalized spacial score (nSPS) is 11.3. The third-order valence-corrected chi connectivity index (χ3v) is 4.89. The average molecular weight is 395 g/mol. The fourth-order valence-electron chi connectivity index (χ4n) is 2.19. The first kappa shape index (κ1) is 19.2. The molecular weight excluding hydrogens is 378 g/mol. The first-order valence-electron chi connectivity index (χ1n) is 8.31. The Morgan fingerprint density at radius 2 is 1.54 bits per heavy atom. The molecule has 0 amide bonds. The average Bonchev–Trinajstić information content (AvgIpc) is 2.72. The maximum Gasteiger partial charge on any atom is 0.362 e. The van der Waals surface area contributed by atoms with E-state index >= 15 is 0 Å². The Morgan fingerprint density at radius 3 is 2.18 bits per heavy atom. The van der Waals surface area contributed by atoms with Gasteiger partial charge in [0.1, 0.15) is 0 Å². The largest absolute Gasteiger partial charge is 0.362 e. The van der Waals surface area contributed by atoms with Crippen LogP contribution in [0.1, 0.15) is 15.9 Å². The van der Waals surface area contributed by atoms with Gasteiger partial charge in [0.05, 0.1) is 21.8 Å². The molecule has 3 aromatic carbocycles. The Labute approximate surface area is 162 Å². The third-order valence-electron chi connectivity index (χ3n) is 3.72. The van der Waals surface area contributed by atoms with Gasteiger partial charge in [-0.3, -0.25) is 0 Å². The van der Waals surface area contributed by atoms with Crippen molar-refractivity contribution in [1.29, 1.82) is 0 Å². The maximum absolute atomic E-state index is 12.2. The predicted molar refractivity (Wildman–Crippen MR) is 105 cm³/mol. The summed E-state index contributed by atoms with van der Waals surface area (Å²) in [5.74, 6) is -0.520. The summed E-state index contributed by atoms with van der Waals surface area (Å²) in [6.45, 7) is 1.87. The number of benzene rings is 3. The molecule has 7 nitrogen and oxygen atoms in total. The molecule has 8 heteroatoms. The fourth-order valence-corrected chi connectivity index (χ4v) is 2.97. The fraction of sp³-hybridized carbons (Fsp3) is 0.0500. The smallest absolute Gasteiger partial charge is 0.338 e. The lowest BCUT2D eigenvalue weighted by molar-refractivity contribution is 0.0596. The number of carbonyl (C=O) groups is 1. The summed E-state index contributed by atoms with van der Waals surface area (Å²) < 4.78 is 27.8. The van der Waals surface area contributed by atoms with Crippen molar-refractivity contribution in [3.63, 3.8) is 0 Å². The second kappa shape index (κ2) is 8.45. The molecule has 0 aromatic heterocycles. The van der Waals surface area contributed by atoms with Crippen LogP contribution in [-0.4, -0.2) is 14.4 Å². The molecular formula is C20H17N3O4S. The molecule has 0 atom stereocenters. The molecule has 0 fully saturated rings. The Balaban J connectivity index is 1.62. The number of hydrogen-bond acceptors (Lipinski definition) is 6. The second-order valence-corrected chi connectivity index (χ2v) is 7.46. The molecule has 0 saturated heterocycles. The zero-order chi connectivity index (χ0) is 20.0. The molecule has 0 aliphatic rings. The summed E-state index contributed by atoms with van der Waals surface area (Å²) in [6.07, 6.45) is 0. The zero-order valence-electron chi connectivity index (χ0n) is 14.9. The van der Waals surface area contributed by atoms with Crippen LogP contribution in [0, 0.1) is 6.92 Å². The van der Waals surface area contributed by atoms with Crippen molar-refractivity contribution in [3.8, 4) is 0 Å². The van der Waals surface area contributed by atoms with E-state index in [4.69, 9.17) is 4.84 Å². The van der Waals surface area contributed by atoms with Gasteiger partial charge in [-0.2, -0.15) is 8.42 Å². The summed E-state index contributed by atoms with van der Waals surface area (Å²) in [5, 5.41) is 3.76. The minimum Gasteiger partial charge on any atom is -0.338 e. The molecule has 0 aliphatic heterocycles. The Hall–Kier alpha value is -3.52. The first-order valence-corrected chi connectivity index (χ1v) is 9.75. The minimum atomic E-state index is -3.86. The molecule has 3 rings (SSSR count).